The van der Waals surface area contributed by atoms with Gasteiger partial charge in [-0.2, -0.15) is 0 Å². The lowest BCUT2D eigenvalue weighted by Crippen LogP contribution is -1.99. The highest BCUT2D eigenvalue weighted by molar-refractivity contribution is 5.70. The molecular weight excluding hydrogens is 230 g/mol. The Morgan fingerprint density at radius 1 is 1.22 bits per heavy atom. The molecule has 1 aromatic heterocycles. The molecule has 2 rings (SSSR count). The fraction of sp³-hybridized carbons (Fsp3) is 0.143. The van der Waals surface area contributed by atoms with Crippen LogP contribution in [0.5, 0.6) is 11.5 Å². The maximum atomic E-state index is 10.5. The first kappa shape index (κ1) is 12.1. The molecule has 0 saturated heterocycles. The van der Waals surface area contributed by atoms with Gasteiger partial charge in [-0.3, -0.25) is 9.78 Å². The smallest absolute Gasteiger partial charge is 0.307 e. The second-order valence-corrected chi connectivity index (χ2v) is 3.95. The Hall–Kier alpha value is -2.36. The summed E-state index contributed by atoms with van der Waals surface area (Å²) < 4.78 is 5.63. The van der Waals surface area contributed by atoms with Crippen molar-refractivity contribution in [2.45, 2.75) is 13.3 Å². The summed E-state index contributed by atoms with van der Waals surface area (Å²) in [4.78, 5) is 14.6. The molecule has 1 heterocycles. The van der Waals surface area contributed by atoms with E-state index in [1.165, 1.54) is 0 Å². The van der Waals surface area contributed by atoms with Crippen molar-refractivity contribution in [2.24, 2.45) is 0 Å². The summed E-state index contributed by atoms with van der Waals surface area (Å²) in [6.45, 7) is 1.89. The molecule has 1 N–H and O–H groups in total. The van der Waals surface area contributed by atoms with Gasteiger partial charge in [0.1, 0.15) is 11.5 Å². The van der Waals surface area contributed by atoms with Crippen molar-refractivity contribution in [3.8, 4) is 11.5 Å². The minimum absolute atomic E-state index is 0.0225. The van der Waals surface area contributed by atoms with Crippen LogP contribution >= 0.6 is 0 Å². The largest absolute Gasteiger partial charge is 0.481 e. The first-order chi connectivity index (χ1) is 8.63. The molecular formula is C14H13NO3. The van der Waals surface area contributed by atoms with E-state index in [1.54, 1.807) is 36.5 Å². The number of carboxylic acids is 1. The van der Waals surface area contributed by atoms with Gasteiger partial charge in [-0.05, 0) is 30.7 Å². The summed E-state index contributed by atoms with van der Waals surface area (Å²) in [6, 6.07) is 10.6. The highest BCUT2D eigenvalue weighted by atomic mass is 16.5. The maximum absolute atomic E-state index is 10.5. The number of carboxylic acid groups (broad SMARTS) is 1. The van der Waals surface area contributed by atoms with Crippen molar-refractivity contribution in [1.29, 1.82) is 0 Å². The normalized spacial score (nSPS) is 10.1. The number of pyridine rings is 1. The Balaban J connectivity index is 2.08. The molecule has 0 amide bonds. The van der Waals surface area contributed by atoms with Crippen molar-refractivity contribution >= 4 is 5.97 Å². The van der Waals surface area contributed by atoms with E-state index in [0.29, 0.717) is 11.5 Å². The second kappa shape index (κ2) is 5.31. The number of hydrogen-bond donors (Lipinski definition) is 1. The van der Waals surface area contributed by atoms with Crippen molar-refractivity contribution in [1.82, 2.24) is 4.98 Å². The van der Waals surface area contributed by atoms with E-state index >= 15 is 0 Å². The highest BCUT2D eigenvalue weighted by Gasteiger charge is 2.02. The highest BCUT2D eigenvalue weighted by Crippen LogP contribution is 2.21. The number of rotatable bonds is 4. The number of carbonyl (C=O) groups is 1. The van der Waals surface area contributed by atoms with Crippen LogP contribution in [0.1, 0.15) is 11.3 Å². The van der Waals surface area contributed by atoms with E-state index in [1.807, 2.05) is 13.0 Å². The summed E-state index contributed by atoms with van der Waals surface area (Å²) in [5.74, 6) is 0.552. The molecule has 0 fully saturated rings. The molecule has 0 atom stereocenters. The molecule has 0 radical (unpaired) electrons. The number of ether oxygens (including phenoxy) is 1. The van der Waals surface area contributed by atoms with Gasteiger partial charge in [0, 0.05) is 18.0 Å². The summed E-state index contributed by atoms with van der Waals surface area (Å²) >= 11 is 0. The van der Waals surface area contributed by atoms with Crippen LogP contribution in [0.3, 0.4) is 0 Å². The lowest BCUT2D eigenvalue weighted by atomic mass is 10.1. The van der Waals surface area contributed by atoms with Gasteiger partial charge >= 0.3 is 5.97 Å². The lowest BCUT2D eigenvalue weighted by molar-refractivity contribution is -0.136. The standard InChI is InChI=1S/C14H13NO3/c1-10-8-13(6-7-15-10)18-12-4-2-11(3-5-12)9-14(16)17/h2-8H,9H2,1H3,(H,16,17). The van der Waals surface area contributed by atoms with Crippen molar-refractivity contribution < 1.29 is 14.6 Å². The van der Waals surface area contributed by atoms with Crippen LogP contribution in [0, 0.1) is 6.92 Å². The predicted molar refractivity (Wildman–Crippen MR) is 66.8 cm³/mol. The van der Waals surface area contributed by atoms with Crippen molar-refractivity contribution in [3.63, 3.8) is 0 Å². The Kier molecular flexibility index (Phi) is 3.57. The fourth-order valence-corrected chi connectivity index (χ4v) is 1.57. The quantitative estimate of drug-likeness (QED) is 0.897. The number of hydrogen-bond acceptors (Lipinski definition) is 3. The molecule has 0 aliphatic rings. The van der Waals surface area contributed by atoms with Crippen LogP contribution < -0.4 is 4.74 Å². The first-order valence-corrected chi connectivity index (χ1v) is 5.55. The maximum Gasteiger partial charge on any atom is 0.307 e. The number of benzene rings is 1. The van der Waals surface area contributed by atoms with Gasteiger partial charge in [-0.15, -0.1) is 0 Å². The third kappa shape index (κ3) is 3.31. The second-order valence-electron chi connectivity index (χ2n) is 3.95. The zero-order valence-corrected chi connectivity index (χ0v) is 9.96. The minimum Gasteiger partial charge on any atom is -0.481 e. The van der Waals surface area contributed by atoms with E-state index in [2.05, 4.69) is 4.98 Å². The fourth-order valence-electron chi connectivity index (χ4n) is 1.57. The van der Waals surface area contributed by atoms with E-state index in [9.17, 15) is 4.79 Å². The summed E-state index contributed by atoms with van der Waals surface area (Å²) in [7, 11) is 0. The van der Waals surface area contributed by atoms with E-state index in [-0.39, 0.29) is 6.42 Å². The summed E-state index contributed by atoms with van der Waals surface area (Å²) in [5.41, 5.74) is 1.63. The Morgan fingerprint density at radius 3 is 2.56 bits per heavy atom. The summed E-state index contributed by atoms with van der Waals surface area (Å²) in [6.07, 6.45) is 1.71. The van der Waals surface area contributed by atoms with Crippen molar-refractivity contribution in [3.05, 3.63) is 53.9 Å². The number of nitrogens with zero attached hydrogens (tertiary/aromatic N) is 1. The van der Waals surface area contributed by atoms with Crippen LogP contribution in [0.4, 0.5) is 0 Å². The third-order valence-corrected chi connectivity index (χ3v) is 2.38. The zero-order valence-electron chi connectivity index (χ0n) is 9.96. The van der Waals surface area contributed by atoms with Crippen LogP contribution in [-0.2, 0) is 11.2 Å². The predicted octanol–water partition coefficient (Wildman–Crippen LogP) is 2.81. The molecule has 4 nitrogen and oxygen atoms in total. The number of aliphatic carboxylic acids is 1. The van der Waals surface area contributed by atoms with Crippen molar-refractivity contribution in [2.75, 3.05) is 0 Å². The zero-order chi connectivity index (χ0) is 13.0. The average molecular weight is 243 g/mol. The first-order valence-electron chi connectivity index (χ1n) is 5.55. The van der Waals surface area contributed by atoms with Gasteiger partial charge in [0.05, 0.1) is 6.42 Å². The van der Waals surface area contributed by atoms with Gasteiger partial charge in [0.25, 0.3) is 0 Å². The van der Waals surface area contributed by atoms with Crippen LogP contribution in [0.25, 0.3) is 0 Å². The average Bonchev–Trinajstić information content (AvgIpc) is 2.31. The summed E-state index contributed by atoms with van der Waals surface area (Å²) in [5, 5.41) is 8.66. The number of aryl methyl sites for hydroxylation is 1. The Bertz CT molecular complexity index is 549. The molecule has 0 unspecified atom stereocenters. The van der Waals surface area contributed by atoms with E-state index in [4.69, 9.17) is 9.84 Å². The topological polar surface area (TPSA) is 59.4 Å². The van der Waals surface area contributed by atoms with Gasteiger partial charge in [0.15, 0.2) is 0 Å². The molecule has 92 valence electrons. The minimum atomic E-state index is -0.839. The lowest BCUT2D eigenvalue weighted by Gasteiger charge is -2.06. The Labute approximate surface area is 105 Å². The monoisotopic (exact) mass is 243 g/mol. The molecule has 0 aliphatic heterocycles. The van der Waals surface area contributed by atoms with Gasteiger partial charge < -0.3 is 9.84 Å². The van der Waals surface area contributed by atoms with Gasteiger partial charge in [0.2, 0.25) is 0 Å². The molecule has 4 heteroatoms. The van der Waals surface area contributed by atoms with Gasteiger partial charge in [-0.1, -0.05) is 12.1 Å². The molecule has 0 spiro atoms. The molecule has 0 aliphatic carbocycles. The number of aromatic nitrogens is 1. The van der Waals surface area contributed by atoms with Crippen LogP contribution in [0.2, 0.25) is 0 Å². The van der Waals surface area contributed by atoms with E-state index in [0.717, 1.165) is 11.3 Å². The molecule has 0 bridgehead atoms. The Morgan fingerprint density at radius 2 is 1.94 bits per heavy atom. The van der Waals surface area contributed by atoms with Crippen LogP contribution in [-0.4, -0.2) is 16.1 Å². The molecule has 1 aromatic carbocycles. The van der Waals surface area contributed by atoms with Gasteiger partial charge in [-0.25, -0.2) is 0 Å². The molecule has 18 heavy (non-hydrogen) atoms. The molecule has 0 saturated carbocycles. The SMILES string of the molecule is Cc1cc(Oc2ccc(CC(=O)O)cc2)ccn1. The van der Waals surface area contributed by atoms with Crippen LogP contribution in [0.15, 0.2) is 42.6 Å². The van der Waals surface area contributed by atoms with E-state index < -0.39 is 5.97 Å². The molecule has 2 aromatic rings. The third-order valence-electron chi connectivity index (χ3n) is 2.38.